The minimum atomic E-state index is -4.38. The molecule has 2 aromatic carbocycles. The second-order valence-electron chi connectivity index (χ2n) is 5.46. The smallest absolute Gasteiger partial charge is 0.381 e. The lowest BCUT2D eigenvalue weighted by atomic mass is 10.1. The Morgan fingerprint density at radius 3 is 2.24 bits per heavy atom. The lowest BCUT2D eigenvalue weighted by Gasteiger charge is -2.14. The lowest BCUT2D eigenvalue weighted by Crippen LogP contribution is -2.15. The zero-order valence-electron chi connectivity index (χ0n) is 13.1. The van der Waals surface area contributed by atoms with Crippen LogP contribution in [0.25, 0.3) is 0 Å². The fourth-order valence-corrected chi connectivity index (χ4v) is 3.65. The Morgan fingerprint density at radius 2 is 1.76 bits per heavy atom. The van der Waals surface area contributed by atoms with Crippen molar-refractivity contribution in [2.75, 3.05) is 5.32 Å². The first-order valence-electron chi connectivity index (χ1n) is 7.19. The van der Waals surface area contributed by atoms with Gasteiger partial charge in [-0.2, -0.15) is 13.2 Å². The summed E-state index contributed by atoms with van der Waals surface area (Å²) in [6.07, 6.45) is -4.38. The monoisotopic (exact) mass is 436 g/mol. The summed E-state index contributed by atoms with van der Waals surface area (Å²) >= 11 is 3.32. The number of sulfonamides is 1. The molecule has 0 heterocycles. The van der Waals surface area contributed by atoms with Crippen LogP contribution in [0, 0.1) is 0 Å². The van der Waals surface area contributed by atoms with Gasteiger partial charge in [-0.3, -0.25) is 0 Å². The van der Waals surface area contributed by atoms with Crippen molar-refractivity contribution in [3.8, 4) is 0 Å². The van der Waals surface area contributed by atoms with Crippen molar-refractivity contribution in [1.82, 2.24) is 0 Å². The topological polar surface area (TPSA) is 72.2 Å². The first-order valence-corrected chi connectivity index (χ1v) is 9.65. The number of hydrogen-bond acceptors (Lipinski definition) is 3. The molecule has 0 aliphatic rings. The molecule has 1 unspecified atom stereocenters. The molecule has 1 atom stereocenters. The average Bonchev–Trinajstić information content (AvgIpc) is 2.51. The zero-order valence-corrected chi connectivity index (χ0v) is 15.5. The molecule has 0 amide bonds. The minimum absolute atomic E-state index is 0.00528. The van der Waals surface area contributed by atoms with E-state index in [9.17, 15) is 21.6 Å². The molecule has 4 nitrogen and oxygen atoms in total. The van der Waals surface area contributed by atoms with Crippen LogP contribution in [0.2, 0.25) is 0 Å². The van der Waals surface area contributed by atoms with E-state index in [0.29, 0.717) is 16.8 Å². The van der Waals surface area contributed by atoms with Crippen molar-refractivity contribution in [2.24, 2.45) is 5.14 Å². The highest BCUT2D eigenvalue weighted by molar-refractivity contribution is 9.09. The number of nitrogens with one attached hydrogen (secondary N) is 1. The minimum Gasteiger partial charge on any atom is -0.381 e. The Morgan fingerprint density at radius 1 is 1.16 bits per heavy atom. The maximum absolute atomic E-state index is 12.5. The Bertz CT molecular complexity index is 851. The lowest BCUT2D eigenvalue weighted by molar-refractivity contribution is -0.137. The predicted octanol–water partition coefficient (Wildman–Crippen LogP) is 4.42. The molecule has 0 aliphatic carbocycles. The van der Waals surface area contributed by atoms with Gasteiger partial charge in [-0.25, -0.2) is 13.6 Å². The summed E-state index contributed by atoms with van der Waals surface area (Å²) in [6, 6.07) is 9.47. The highest BCUT2D eigenvalue weighted by atomic mass is 79.9. The van der Waals surface area contributed by atoms with Gasteiger partial charge in [-0.1, -0.05) is 34.1 Å². The Balaban J connectivity index is 2.18. The van der Waals surface area contributed by atoms with E-state index >= 15 is 0 Å². The fraction of sp³-hybridized carbons (Fsp3) is 0.250. The number of rotatable bonds is 5. The van der Waals surface area contributed by atoms with Crippen LogP contribution in [0.4, 0.5) is 18.9 Å². The van der Waals surface area contributed by atoms with E-state index in [1.807, 2.05) is 0 Å². The molecule has 0 bridgehead atoms. The molecule has 0 aromatic heterocycles. The van der Waals surface area contributed by atoms with Gasteiger partial charge in [0.05, 0.1) is 10.5 Å². The molecule has 0 radical (unpaired) electrons. The van der Waals surface area contributed by atoms with Gasteiger partial charge in [0.15, 0.2) is 0 Å². The SMILES string of the molecule is CC(Br)c1ccc(NCc2ccc(C(F)(F)F)cc2)cc1S(N)(=O)=O. The van der Waals surface area contributed by atoms with Crippen LogP contribution < -0.4 is 10.5 Å². The van der Waals surface area contributed by atoms with Gasteiger partial charge in [-0.15, -0.1) is 0 Å². The van der Waals surface area contributed by atoms with E-state index in [0.717, 1.165) is 12.1 Å². The molecule has 0 saturated carbocycles. The Labute approximate surface area is 152 Å². The quantitative estimate of drug-likeness (QED) is 0.681. The average molecular weight is 437 g/mol. The van der Waals surface area contributed by atoms with Crippen molar-refractivity contribution < 1.29 is 21.6 Å². The van der Waals surface area contributed by atoms with Crippen molar-refractivity contribution in [3.63, 3.8) is 0 Å². The Hall–Kier alpha value is -1.58. The van der Waals surface area contributed by atoms with Crippen LogP contribution in [0.1, 0.15) is 28.4 Å². The van der Waals surface area contributed by atoms with Gasteiger partial charge in [0.2, 0.25) is 10.0 Å². The summed E-state index contributed by atoms with van der Waals surface area (Å²) in [7, 11) is -3.90. The van der Waals surface area contributed by atoms with Gasteiger partial charge in [0.25, 0.3) is 0 Å². The molecule has 9 heteroatoms. The van der Waals surface area contributed by atoms with Gasteiger partial charge in [-0.05, 0) is 42.3 Å². The molecular weight excluding hydrogens is 421 g/mol. The number of nitrogens with two attached hydrogens (primary N) is 1. The van der Waals surface area contributed by atoms with Crippen LogP contribution in [0.15, 0.2) is 47.4 Å². The summed E-state index contributed by atoms with van der Waals surface area (Å²) in [6.45, 7) is 2.02. The second kappa shape index (κ2) is 7.35. The van der Waals surface area contributed by atoms with Crippen molar-refractivity contribution in [1.29, 1.82) is 0 Å². The van der Waals surface area contributed by atoms with Crippen molar-refractivity contribution in [3.05, 3.63) is 59.2 Å². The molecule has 0 aliphatic heterocycles. The van der Waals surface area contributed by atoms with Crippen LogP contribution in [-0.4, -0.2) is 8.42 Å². The first kappa shape index (κ1) is 19.7. The molecule has 3 N–H and O–H groups in total. The number of benzene rings is 2. The van der Waals surface area contributed by atoms with E-state index in [4.69, 9.17) is 5.14 Å². The highest BCUT2D eigenvalue weighted by Crippen LogP contribution is 2.31. The molecule has 0 saturated heterocycles. The maximum Gasteiger partial charge on any atom is 0.416 e. The number of alkyl halides is 4. The van der Waals surface area contributed by atoms with Crippen LogP contribution in [0.3, 0.4) is 0 Å². The van der Waals surface area contributed by atoms with E-state index in [1.54, 1.807) is 19.1 Å². The largest absolute Gasteiger partial charge is 0.416 e. The summed E-state index contributed by atoms with van der Waals surface area (Å²) in [4.78, 5) is -0.209. The standard InChI is InChI=1S/C16H16BrF3N2O2S/c1-10(17)14-7-6-13(8-15(14)25(21,23)24)22-9-11-2-4-12(5-3-11)16(18,19)20/h2-8,10,22H,9H2,1H3,(H2,21,23,24). The third-order valence-electron chi connectivity index (χ3n) is 3.53. The fourth-order valence-electron chi connectivity index (χ4n) is 2.24. The molecule has 0 fully saturated rings. The number of hydrogen-bond donors (Lipinski definition) is 2. The normalized spacial score (nSPS) is 13.5. The maximum atomic E-state index is 12.5. The van der Waals surface area contributed by atoms with E-state index in [1.165, 1.54) is 18.2 Å². The van der Waals surface area contributed by atoms with Gasteiger partial charge in [0.1, 0.15) is 0 Å². The third-order valence-corrected chi connectivity index (χ3v) is 4.99. The number of primary sulfonamides is 1. The summed E-state index contributed by atoms with van der Waals surface area (Å²) in [5.74, 6) is 0. The molecule has 136 valence electrons. The predicted molar refractivity (Wildman–Crippen MR) is 93.9 cm³/mol. The third kappa shape index (κ3) is 5.20. The molecular formula is C16H16BrF3N2O2S. The van der Waals surface area contributed by atoms with Gasteiger partial charge >= 0.3 is 6.18 Å². The molecule has 2 rings (SSSR count). The summed E-state index contributed by atoms with van der Waals surface area (Å²) < 4.78 is 61.1. The zero-order chi connectivity index (χ0) is 18.8. The van der Waals surface area contributed by atoms with Crippen LogP contribution in [0.5, 0.6) is 0 Å². The van der Waals surface area contributed by atoms with Gasteiger partial charge < -0.3 is 5.32 Å². The van der Waals surface area contributed by atoms with E-state index in [2.05, 4.69) is 21.2 Å². The van der Waals surface area contributed by atoms with E-state index in [-0.39, 0.29) is 16.3 Å². The summed E-state index contributed by atoms with van der Waals surface area (Å²) in [5.41, 5.74) is 0.940. The van der Waals surface area contributed by atoms with E-state index < -0.39 is 21.8 Å². The van der Waals surface area contributed by atoms with Crippen molar-refractivity contribution in [2.45, 2.75) is 29.4 Å². The number of anilines is 1. The van der Waals surface area contributed by atoms with Crippen LogP contribution >= 0.6 is 15.9 Å². The van der Waals surface area contributed by atoms with Crippen LogP contribution in [-0.2, 0) is 22.7 Å². The molecule has 25 heavy (non-hydrogen) atoms. The first-order chi connectivity index (χ1) is 11.5. The molecule has 2 aromatic rings. The molecule has 0 spiro atoms. The number of halogens is 4. The second-order valence-corrected chi connectivity index (χ2v) is 8.37. The highest BCUT2D eigenvalue weighted by Gasteiger charge is 2.29. The summed E-state index contributed by atoms with van der Waals surface area (Å²) in [5, 5.41) is 8.23. The Kier molecular flexibility index (Phi) is 5.80. The van der Waals surface area contributed by atoms with Crippen molar-refractivity contribution >= 4 is 31.6 Å². The van der Waals surface area contributed by atoms with Gasteiger partial charge in [0, 0.05) is 17.1 Å².